The molecule has 94 valence electrons. The second-order valence-corrected chi connectivity index (χ2v) is 6.23. The monoisotopic (exact) mass is 224 g/mol. The van der Waals surface area contributed by atoms with Crippen molar-refractivity contribution in [3.05, 3.63) is 0 Å². The summed E-state index contributed by atoms with van der Waals surface area (Å²) >= 11 is 0. The maximum Gasteiger partial charge on any atom is 0.0263 e. The average Bonchev–Trinajstić information content (AvgIpc) is 2.68. The van der Waals surface area contributed by atoms with E-state index in [1.54, 1.807) is 0 Å². The molecule has 2 fully saturated rings. The highest BCUT2D eigenvalue weighted by molar-refractivity contribution is 4.98. The molecule has 4 unspecified atom stereocenters. The second-order valence-electron chi connectivity index (χ2n) is 6.23. The molecule has 2 aliphatic rings. The fourth-order valence-electron chi connectivity index (χ4n) is 3.88. The van der Waals surface area contributed by atoms with E-state index < -0.39 is 0 Å². The van der Waals surface area contributed by atoms with E-state index in [2.05, 4.69) is 37.7 Å². The number of fused-ring (bicyclic) bond motifs is 1. The van der Waals surface area contributed by atoms with Gasteiger partial charge in [-0.05, 0) is 38.8 Å². The molecule has 0 aromatic carbocycles. The lowest BCUT2D eigenvalue weighted by atomic mass is 9.94. The van der Waals surface area contributed by atoms with Crippen molar-refractivity contribution in [2.24, 2.45) is 11.8 Å². The summed E-state index contributed by atoms with van der Waals surface area (Å²) in [5.74, 6) is 1.86. The quantitative estimate of drug-likeness (QED) is 0.724. The molecule has 2 nitrogen and oxygen atoms in total. The SMILES string of the molecule is CCCC(C)CC1CC2CN(C)CC2N1C. The van der Waals surface area contributed by atoms with Gasteiger partial charge in [-0.1, -0.05) is 26.7 Å². The van der Waals surface area contributed by atoms with Gasteiger partial charge >= 0.3 is 0 Å². The van der Waals surface area contributed by atoms with Crippen LogP contribution in [-0.4, -0.2) is 49.1 Å². The standard InChI is InChI=1S/C14H28N2/c1-5-6-11(2)7-13-8-12-9-15(3)10-14(12)16(13)4/h11-14H,5-10H2,1-4H3. The highest BCUT2D eigenvalue weighted by atomic mass is 15.3. The first-order valence-corrected chi connectivity index (χ1v) is 7.02. The molecule has 0 aromatic rings. The second kappa shape index (κ2) is 5.05. The minimum absolute atomic E-state index is 0.851. The predicted molar refractivity (Wildman–Crippen MR) is 69.6 cm³/mol. The maximum absolute atomic E-state index is 2.68. The van der Waals surface area contributed by atoms with Crippen LogP contribution in [0.1, 0.15) is 39.5 Å². The van der Waals surface area contributed by atoms with Crippen LogP contribution < -0.4 is 0 Å². The molecule has 0 aromatic heterocycles. The van der Waals surface area contributed by atoms with Crippen LogP contribution in [0, 0.1) is 11.8 Å². The fourth-order valence-corrected chi connectivity index (χ4v) is 3.88. The van der Waals surface area contributed by atoms with Crippen LogP contribution in [0.5, 0.6) is 0 Å². The first kappa shape index (κ1) is 12.4. The lowest BCUT2D eigenvalue weighted by molar-refractivity contribution is 0.197. The molecule has 4 atom stereocenters. The number of likely N-dealkylation sites (N-methyl/N-ethyl adjacent to an activating group) is 2. The summed E-state index contributed by atoms with van der Waals surface area (Å²) in [7, 11) is 4.62. The molecule has 0 spiro atoms. The van der Waals surface area contributed by atoms with Crippen molar-refractivity contribution in [3.63, 3.8) is 0 Å². The Kier molecular flexibility index (Phi) is 3.91. The van der Waals surface area contributed by atoms with Gasteiger partial charge in [0.05, 0.1) is 0 Å². The van der Waals surface area contributed by atoms with Gasteiger partial charge < -0.3 is 4.90 Å². The zero-order valence-corrected chi connectivity index (χ0v) is 11.4. The van der Waals surface area contributed by atoms with Crippen molar-refractivity contribution in [2.45, 2.75) is 51.6 Å². The minimum atomic E-state index is 0.851. The van der Waals surface area contributed by atoms with E-state index in [0.29, 0.717) is 0 Å². The van der Waals surface area contributed by atoms with Gasteiger partial charge in [-0.3, -0.25) is 4.90 Å². The van der Waals surface area contributed by atoms with Crippen LogP contribution in [0.25, 0.3) is 0 Å². The Balaban J connectivity index is 1.86. The highest BCUT2D eigenvalue weighted by Gasteiger charge is 2.43. The summed E-state index contributed by atoms with van der Waals surface area (Å²) in [5.41, 5.74) is 0. The van der Waals surface area contributed by atoms with E-state index in [1.165, 1.54) is 38.8 Å². The Morgan fingerprint density at radius 2 is 2.00 bits per heavy atom. The third kappa shape index (κ3) is 2.43. The molecule has 0 radical (unpaired) electrons. The van der Waals surface area contributed by atoms with E-state index >= 15 is 0 Å². The summed E-state index contributed by atoms with van der Waals surface area (Å²) in [6, 6.07) is 1.72. The number of hydrogen-bond donors (Lipinski definition) is 0. The van der Waals surface area contributed by atoms with Crippen LogP contribution >= 0.6 is 0 Å². The molecule has 16 heavy (non-hydrogen) atoms. The maximum atomic E-state index is 2.68. The third-order valence-corrected chi connectivity index (χ3v) is 4.72. The van der Waals surface area contributed by atoms with Crippen molar-refractivity contribution in [1.82, 2.24) is 9.80 Å². The molecular weight excluding hydrogens is 196 g/mol. The van der Waals surface area contributed by atoms with Crippen molar-refractivity contribution >= 4 is 0 Å². The zero-order valence-electron chi connectivity index (χ0n) is 11.4. The smallest absolute Gasteiger partial charge is 0.0263 e. The van der Waals surface area contributed by atoms with Gasteiger partial charge in [0, 0.05) is 25.2 Å². The minimum Gasteiger partial charge on any atom is -0.304 e. The molecule has 2 heterocycles. The molecule has 0 aliphatic carbocycles. The largest absolute Gasteiger partial charge is 0.304 e. The third-order valence-electron chi connectivity index (χ3n) is 4.72. The summed E-state index contributed by atoms with van der Waals surface area (Å²) < 4.78 is 0. The molecule has 2 rings (SSSR count). The van der Waals surface area contributed by atoms with E-state index in [0.717, 1.165) is 23.9 Å². The first-order chi connectivity index (χ1) is 7.61. The van der Waals surface area contributed by atoms with Crippen LogP contribution in [0.3, 0.4) is 0 Å². The highest BCUT2D eigenvalue weighted by Crippen LogP contribution is 2.36. The van der Waals surface area contributed by atoms with Crippen molar-refractivity contribution in [1.29, 1.82) is 0 Å². The average molecular weight is 224 g/mol. The Morgan fingerprint density at radius 1 is 1.25 bits per heavy atom. The molecule has 0 amide bonds. The topological polar surface area (TPSA) is 6.48 Å². The van der Waals surface area contributed by atoms with E-state index in [-0.39, 0.29) is 0 Å². The summed E-state index contributed by atoms with van der Waals surface area (Å²) in [6.07, 6.45) is 5.60. The molecular formula is C14H28N2. The molecule has 2 saturated heterocycles. The van der Waals surface area contributed by atoms with Crippen LogP contribution in [0.2, 0.25) is 0 Å². The number of likely N-dealkylation sites (tertiary alicyclic amines) is 2. The lowest BCUT2D eigenvalue weighted by Crippen LogP contribution is -2.37. The van der Waals surface area contributed by atoms with Crippen molar-refractivity contribution in [3.8, 4) is 0 Å². The lowest BCUT2D eigenvalue weighted by Gasteiger charge is -2.27. The van der Waals surface area contributed by atoms with Crippen molar-refractivity contribution in [2.75, 3.05) is 27.2 Å². The summed E-state index contributed by atoms with van der Waals surface area (Å²) in [6.45, 7) is 7.35. The van der Waals surface area contributed by atoms with Crippen LogP contribution in [0.15, 0.2) is 0 Å². The molecule has 0 N–H and O–H groups in total. The Morgan fingerprint density at radius 3 is 2.62 bits per heavy atom. The number of nitrogens with zero attached hydrogens (tertiary/aromatic N) is 2. The van der Waals surface area contributed by atoms with Crippen molar-refractivity contribution < 1.29 is 0 Å². The molecule has 0 saturated carbocycles. The molecule has 2 aliphatic heterocycles. The van der Waals surface area contributed by atoms with Gasteiger partial charge in [0.1, 0.15) is 0 Å². The summed E-state index contributed by atoms with van der Waals surface area (Å²) in [4.78, 5) is 5.18. The fraction of sp³-hybridized carbons (Fsp3) is 1.00. The predicted octanol–water partition coefficient (Wildman–Crippen LogP) is 2.45. The van der Waals surface area contributed by atoms with Crippen LogP contribution in [-0.2, 0) is 0 Å². The Hall–Kier alpha value is -0.0800. The van der Waals surface area contributed by atoms with E-state index in [4.69, 9.17) is 0 Å². The Labute approximate surface area is 101 Å². The van der Waals surface area contributed by atoms with Gasteiger partial charge in [-0.15, -0.1) is 0 Å². The number of hydrogen-bond acceptors (Lipinski definition) is 2. The zero-order chi connectivity index (χ0) is 11.7. The molecule has 0 bridgehead atoms. The van der Waals surface area contributed by atoms with Gasteiger partial charge in [0.25, 0.3) is 0 Å². The van der Waals surface area contributed by atoms with E-state index in [9.17, 15) is 0 Å². The normalized spacial score (nSPS) is 37.9. The van der Waals surface area contributed by atoms with E-state index in [1.807, 2.05) is 0 Å². The first-order valence-electron chi connectivity index (χ1n) is 7.02. The van der Waals surface area contributed by atoms with Gasteiger partial charge in [-0.2, -0.15) is 0 Å². The van der Waals surface area contributed by atoms with Gasteiger partial charge in [0.15, 0.2) is 0 Å². The van der Waals surface area contributed by atoms with Crippen LogP contribution in [0.4, 0.5) is 0 Å². The Bertz CT molecular complexity index is 227. The molecule has 2 heteroatoms. The van der Waals surface area contributed by atoms with Gasteiger partial charge in [0.2, 0.25) is 0 Å². The summed E-state index contributed by atoms with van der Waals surface area (Å²) in [5, 5.41) is 0. The van der Waals surface area contributed by atoms with Gasteiger partial charge in [-0.25, -0.2) is 0 Å². The number of rotatable bonds is 4.